The Morgan fingerprint density at radius 1 is 0.633 bits per heavy atom. The van der Waals surface area contributed by atoms with Crippen molar-refractivity contribution in [2.24, 2.45) is 17.4 Å². The van der Waals surface area contributed by atoms with Crippen molar-refractivity contribution in [3.05, 3.63) is 0 Å². The summed E-state index contributed by atoms with van der Waals surface area (Å²) in [5.74, 6) is -4.60. The van der Waals surface area contributed by atoms with Gasteiger partial charge in [-0.2, -0.15) is 0 Å². The fourth-order valence-corrected chi connectivity index (χ4v) is 3.00. The minimum Gasteiger partial charge on any atom is -0.481 e. The zero-order chi connectivity index (χ0) is 23.2. The number of carboxylic acids is 3. The summed E-state index contributed by atoms with van der Waals surface area (Å²) in [6, 6.07) is -0.716. The third kappa shape index (κ3) is 21.0. The number of hydrogen-bond acceptors (Lipinski definition) is 5. The van der Waals surface area contributed by atoms with Crippen LogP contribution in [0.2, 0.25) is 0 Å². The van der Waals surface area contributed by atoms with Gasteiger partial charge in [-0.15, -0.1) is 0 Å². The molecule has 0 aliphatic rings. The molecule has 0 aromatic rings. The summed E-state index contributed by atoms with van der Waals surface area (Å²) in [4.78, 5) is 31.5. The van der Waals surface area contributed by atoms with E-state index in [2.05, 4.69) is 6.92 Å². The first-order valence-electron chi connectivity index (χ1n) is 11.4. The van der Waals surface area contributed by atoms with Crippen molar-refractivity contribution < 1.29 is 29.7 Å². The van der Waals surface area contributed by atoms with Gasteiger partial charge in [0, 0.05) is 0 Å². The molecular formula is C22H44N2O6. The average molecular weight is 433 g/mol. The first-order valence-corrected chi connectivity index (χ1v) is 11.4. The van der Waals surface area contributed by atoms with Crippen molar-refractivity contribution in [1.29, 1.82) is 0 Å². The van der Waals surface area contributed by atoms with Crippen molar-refractivity contribution in [2.45, 2.75) is 109 Å². The van der Waals surface area contributed by atoms with Crippen LogP contribution >= 0.6 is 0 Å². The minimum atomic E-state index is -1.23. The van der Waals surface area contributed by atoms with E-state index in [1.54, 1.807) is 0 Å². The number of rotatable bonds is 19. The first kappa shape index (κ1) is 30.5. The Bertz CT molecular complexity index is 431. The predicted octanol–water partition coefficient (Wildman–Crippen LogP) is 4.00. The quantitative estimate of drug-likeness (QED) is 0.151. The minimum absolute atomic E-state index is 0.252. The van der Waals surface area contributed by atoms with E-state index >= 15 is 0 Å². The second-order valence-electron chi connectivity index (χ2n) is 7.78. The normalized spacial score (nSPS) is 11.6. The highest BCUT2D eigenvalue weighted by Crippen LogP contribution is 2.14. The molecule has 0 rings (SSSR count). The Morgan fingerprint density at radius 2 is 1.03 bits per heavy atom. The SMILES string of the molecule is CCCCCCCCCCCCCC(C(=O)O)C(=O)O.NCCCC[C@H](N)C(=O)O. The highest BCUT2D eigenvalue weighted by atomic mass is 16.4. The van der Waals surface area contributed by atoms with Crippen LogP contribution in [0.25, 0.3) is 0 Å². The Hall–Kier alpha value is -1.67. The summed E-state index contributed by atoms with van der Waals surface area (Å²) in [5.41, 5.74) is 10.4. The number of aliphatic carboxylic acids is 3. The van der Waals surface area contributed by atoms with E-state index in [1.165, 1.54) is 51.4 Å². The molecule has 0 aromatic carbocycles. The van der Waals surface area contributed by atoms with E-state index in [0.717, 1.165) is 25.7 Å². The standard InChI is InChI=1S/C16H30O4.C6H14N2O2/c1-2-3-4-5-6-7-8-9-10-11-12-13-14(15(17)18)16(19)20;7-4-2-1-3-5(8)6(9)10/h14H,2-13H2,1H3,(H,17,18)(H,19,20);5H,1-4,7-8H2,(H,9,10)/t;5-/m.0/s1. The molecule has 0 unspecified atom stereocenters. The van der Waals surface area contributed by atoms with Crippen LogP contribution in [0.5, 0.6) is 0 Å². The van der Waals surface area contributed by atoms with Gasteiger partial charge in [-0.25, -0.2) is 0 Å². The zero-order valence-corrected chi connectivity index (χ0v) is 18.7. The molecule has 0 aliphatic heterocycles. The monoisotopic (exact) mass is 432 g/mol. The van der Waals surface area contributed by atoms with Gasteiger partial charge in [0.1, 0.15) is 6.04 Å². The molecule has 7 N–H and O–H groups in total. The third-order valence-electron chi connectivity index (χ3n) is 4.98. The van der Waals surface area contributed by atoms with Gasteiger partial charge in [-0.1, -0.05) is 84.0 Å². The predicted molar refractivity (Wildman–Crippen MR) is 118 cm³/mol. The van der Waals surface area contributed by atoms with Crippen LogP contribution < -0.4 is 11.5 Å². The lowest BCUT2D eigenvalue weighted by molar-refractivity contribution is -0.154. The van der Waals surface area contributed by atoms with Crippen LogP contribution in [0.3, 0.4) is 0 Å². The van der Waals surface area contributed by atoms with Gasteiger partial charge < -0.3 is 26.8 Å². The molecule has 0 amide bonds. The molecule has 0 radical (unpaired) electrons. The third-order valence-corrected chi connectivity index (χ3v) is 4.98. The van der Waals surface area contributed by atoms with Gasteiger partial charge in [0.15, 0.2) is 5.92 Å². The summed E-state index contributed by atoms with van der Waals surface area (Å²) < 4.78 is 0. The Morgan fingerprint density at radius 3 is 1.40 bits per heavy atom. The second-order valence-corrected chi connectivity index (χ2v) is 7.78. The number of unbranched alkanes of at least 4 members (excludes halogenated alkanes) is 11. The Labute approximate surface area is 181 Å². The van der Waals surface area contributed by atoms with Crippen molar-refractivity contribution >= 4 is 17.9 Å². The molecule has 178 valence electrons. The molecule has 0 aromatic heterocycles. The molecule has 8 nitrogen and oxygen atoms in total. The Balaban J connectivity index is 0. The fourth-order valence-electron chi connectivity index (χ4n) is 3.00. The van der Waals surface area contributed by atoms with E-state index in [4.69, 9.17) is 26.8 Å². The van der Waals surface area contributed by atoms with Crippen LogP contribution in [0.4, 0.5) is 0 Å². The molecule has 0 fully saturated rings. The molecule has 0 saturated carbocycles. The van der Waals surface area contributed by atoms with Crippen LogP contribution in [-0.2, 0) is 14.4 Å². The summed E-state index contributed by atoms with van der Waals surface area (Å²) in [6.07, 6.45) is 15.5. The number of nitrogens with two attached hydrogens (primary N) is 2. The second kappa shape index (κ2) is 22.0. The van der Waals surface area contributed by atoms with Gasteiger partial charge in [0.05, 0.1) is 0 Å². The zero-order valence-electron chi connectivity index (χ0n) is 18.7. The lowest BCUT2D eigenvalue weighted by Crippen LogP contribution is -2.29. The Kier molecular flexibility index (Phi) is 22.4. The van der Waals surface area contributed by atoms with Crippen molar-refractivity contribution in [3.63, 3.8) is 0 Å². The number of hydrogen-bond donors (Lipinski definition) is 5. The molecule has 0 aliphatic carbocycles. The van der Waals surface area contributed by atoms with Crippen molar-refractivity contribution in [1.82, 2.24) is 0 Å². The van der Waals surface area contributed by atoms with Gasteiger partial charge in [-0.3, -0.25) is 14.4 Å². The van der Waals surface area contributed by atoms with Crippen LogP contribution in [0, 0.1) is 5.92 Å². The van der Waals surface area contributed by atoms with E-state index < -0.39 is 29.9 Å². The maximum Gasteiger partial charge on any atom is 0.320 e. The maximum absolute atomic E-state index is 10.7. The fraction of sp³-hybridized carbons (Fsp3) is 0.864. The summed E-state index contributed by atoms with van der Waals surface area (Å²) >= 11 is 0. The van der Waals surface area contributed by atoms with Crippen molar-refractivity contribution in [3.8, 4) is 0 Å². The molecular weight excluding hydrogens is 388 g/mol. The number of carbonyl (C=O) groups is 3. The summed E-state index contributed by atoms with van der Waals surface area (Å²) in [6.45, 7) is 2.83. The lowest BCUT2D eigenvalue weighted by atomic mass is 10.00. The van der Waals surface area contributed by atoms with Crippen molar-refractivity contribution in [2.75, 3.05) is 6.54 Å². The molecule has 30 heavy (non-hydrogen) atoms. The molecule has 1 atom stereocenters. The molecule has 8 heteroatoms. The lowest BCUT2D eigenvalue weighted by Gasteiger charge is -2.06. The highest BCUT2D eigenvalue weighted by Gasteiger charge is 2.24. The van der Waals surface area contributed by atoms with Crippen LogP contribution in [0.1, 0.15) is 103 Å². The van der Waals surface area contributed by atoms with Gasteiger partial charge in [0.2, 0.25) is 0 Å². The largest absolute Gasteiger partial charge is 0.481 e. The van der Waals surface area contributed by atoms with E-state index in [1.807, 2.05) is 0 Å². The van der Waals surface area contributed by atoms with E-state index in [9.17, 15) is 14.4 Å². The first-order chi connectivity index (χ1) is 14.3. The van der Waals surface area contributed by atoms with Gasteiger partial charge >= 0.3 is 17.9 Å². The molecule has 0 spiro atoms. The van der Waals surface area contributed by atoms with E-state index in [-0.39, 0.29) is 6.42 Å². The summed E-state index contributed by atoms with van der Waals surface area (Å²) in [5, 5.41) is 25.8. The van der Waals surface area contributed by atoms with Crippen LogP contribution in [0.15, 0.2) is 0 Å². The average Bonchev–Trinajstić information content (AvgIpc) is 2.68. The topological polar surface area (TPSA) is 164 Å². The van der Waals surface area contributed by atoms with Gasteiger partial charge in [0.25, 0.3) is 0 Å². The summed E-state index contributed by atoms with van der Waals surface area (Å²) in [7, 11) is 0. The molecule has 0 bridgehead atoms. The highest BCUT2D eigenvalue weighted by molar-refractivity contribution is 5.92. The number of carboxylic acid groups (broad SMARTS) is 3. The van der Waals surface area contributed by atoms with E-state index in [0.29, 0.717) is 19.4 Å². The van der Waals surface area contributed by atoms with Crippen LogP contribution in [-0.4, -0.2) is 45.8 Å². The molecule has 0 heterocycles. The smallest absolute Gasteiger partial charge is 0.320 e. The maximum atomic E-state index is 10.7. The molecule has 0 saturated heterocycles. The van der Waals surface area contributed by atoms with Gasteiger partial charge in [-0.05, 0) is 25.8 Å².